The van der Waals surface area contributed by atoms with Crippen molar-refractivity contribution in [2.75, 3.05) is 19.6 Å². The third-order valence-electron chi connectivity index (χ3n) is 3.94. The number of aryl methyl sites for hydroxylation is 1. The summed E-state index contributed by atoms with van der Waals surface area (Å²) >= 11 is 0. The minimum absolute atomic E-state index is 0.243. The third-order valence-corrected chi connectivity index (χ3v) is 3.94. The van der Waals surface area contributed by atoms with Gasteiger partial charge in [-0.2, -0.15) is 0 Å². The molecule has 0 N–H and O–H groups in total. The maximum Gasteiger partial charge on any atom is 0.178 e. The Hall–Kier alpha value is -1.09. The van der Waals surface area contributed by atoms with Gasteiger partial charge in [0.15, 0.2) is 5.78 Å². The van der Waals surface area contributed by atoms with Crippen molar-refractivity contribution in [2.45, 2.75) is 20.3 Å². The zero-order chi connectivity index (χ0) is 12.4. The Balaban J connectivity index is 1.91. The van der Waals surface area contributed by atoms with Crippen molar-refractivity contribution >= 4 is 5.78 Å². The Morgan fingerprint density at radius 1 is 1.41 bits per heavy atom. The number of nitrogens with zero attached hydrogens (tertiary/aromatic N) is 2. The number of hydrogen-bond acceptors (Lipinski definition) is 2. The maximum atomic E-state index is 12.1. The van der Waals surface area contributed by atoms with Crippen molar-refractivity contribution in [3.8, 4) is 0 Å². The SMILES string of the molecule is CC1CCN(CC(=O)c2ccn(C)c2)CC1C. The number of hydrogen-bond donors (Lipinski definition) is 0. The summed E-state index contributed by atoms with van der Waals surface area (Å²) in [5.41, 5.74) is 0.832. The van der Waals surface area contributed by atoms with E-state index in [0.29, 0.717) is 12.5 Å². The fourth-order valence-corrected chi connectivity index (χ4v) is 2.46. The van der Waals surface area contributed by atoms with Crippen molar-refractivity contribution in [2.24, 2.45) is 18.9 Å². The van der Waals surface area contributed by atoms with Gasteiger partial charge in [0.2, 0.25) is 0 Å². The molecule has 3 nitrogen and oxygen atoms in total. The van der Waals surface area contributed by atoms with Gasteiger partial charge in [0.1, 0.15) is 0 Å². The Kier molecular flexibility index (Phi) is 3.67. The van der Waals surface area contributed by atoms with Crippen molar-refractivity contribution in [1.29, 1.82) is 0 Å². The normalized spacial score (nSPS) is 26.1. The van der Waals surface area contributed by atoms with Crippen molar-refractivity contribution < 1.29 is 4.79 Å². The average molecular weight is 234 g/mol. The first-order chi connectivity index (χ1) is 8.06. The Morgan fingerprint density at radius 3 is 2.76 bits per heavy atom. The summed E-state index contributed by atoms with van der Waals surface area (Å²) in [5.74, 6) is 1.73. The largest absolute Gasteiger partial charge is 0.357 e. The van der Waals surface area contributed by atoms with Crippen LogP contribution in [0.4, 0.5) is 0 Å². The molecule has 0 spiro atoms. The quantitative estimate of drug-likeness (QED) is 0.749. The molecular weight excluding hydrogens is 212 g/mol. The van der Waals surface area contributed by atoms with Crippen molar-refractivity contribution in [3.05, 3.63) is 24.0 Å². The number of aromatic nitrogens is 1. The number of carbonyl (C=O) groups is 1. The zero-order valence-corrected chi connectivity index (χ0v) is 11.0. The molecule has 2 atom stereocenters. The smallest absolute Gasteiger partial charge is 0.178 e. The Bertz CT molecular complexity index is 397. The number of ketones is 1. The lowest BCUT2D eigenvalue weighted by molar-refractivity contribution is 0.0849. The molecule has 1 aliphatic heterocycles. The second-order valence-corrected chi connectivity index (χ2v) is 5.47. The third kappa shape index (κ3) is 2.97. The van der Waals surface area contributed by atoms with Gasteiger partial charge in [-0.1, -0.05) is 13.8 Å². The molecule has 0 radical (unpaired) electrons. The van der Waals surface area contributed by atoms with E-state index in [-0.39, 0.29) is 5.78 Å². The molecule has 2 unspecified atom stereocenters. The molecule has 0 aromatic carbocycles. The summed E-state index contributed by atoms with van der Waals surface area (Å²) in [6.45, 7) is 7.27. The molecule has 0 amide bonds. The molecule has 0 saturated carbocycles. The molecule has 1 fully saturated rings. The number of carbonyl (C=O) groups excluding carboxylic acids is 1. The lowest BCUT2D eigenvalue weighted by atomic mass is 9.88. The van der Waals surface area contributed by atoms with Gasteiger partial charge >= 0.3 is 0 Å². The van der Waals surface area contributed by atoms with Gasteiger partial charge in [0.25, 0.3) is 0 Å². The molecular formula is C14H22N2O. The summed E-state index contributed by atoms with van der Waals surface area (Å²) in [6.07, 6.45) is 5.04. The van der Waals surface area contributed by atoms with Crippen LogP contribution in [0.5, 0.6) is 0 Å². The first-order valence-corrected chi connectivity index (χ1v) is 6.44. The predicted molar refractivity (Wildman–Crippen MR) is 69.1 cm³/mol. The van der Waals surface area contributed by atoms with E-state index in [9.17, 15) is 4.79 Å². The lowest BCUT2D eigenvalue weighted by Gasteiger charge is -2.34. The van der Waals surface area contributed by atoms with E-state index >= 15 is 0 Å². The number of Topliss-reactive ketones (excluding diaryl/α,β-unsaturated/α-hetero) is 1. The fraction of sp³-hybridized carbons (Fsp3) is 0.643. The van der Waals surface area contributed by atoms with E-state index in [2.05, 4.69) is 18.7 Å². The van der Waals surface area contributed by atoms with Gasteiger partial charge < -0.3 is 4.57 Å². The first kappa shape index (κ1) is 12.4. The van der Waals surface area contributed by atoms with Gasteiger partial charge in [0, 0.05) is 31.5 Å². The van der Waals surface area contributed by atoms with Gasteiger partial charge in [-0.15, -0.1) is 0 Å². The standard InChI is InChI=1S/C14H22N2O/c1-11-4-7-16(8-12(11)2)10-14(17)13-5-6-15(3)9-13/h5-6,9,11-12H,4,7-8,10H2,1-3H3. The van der Waals surface area contributed by atoms with Crippen LogP contribution in [0.25, 0.3) is 0 Å². The van der Waals surface area contributed by atoms with E-state index < -0.39 is 0 Å². The van der Waals surface area contributed by atoms with E-state index in [1.165, 1.54) is 6.42 Å². The summed E-state index contributed by atoms with van der Waals surface area (Å²) in [6, 6.07) is 1.90. The molecule has 17 heavy (non-hydrogen) atoms. The highest BCUT2D eigenvalue weighted by atomic mass is 16.1. The molecule has 0 aliphatic carbocycles. The monoisotopic (exact) mass is 234 g/mol. The van der Waals surface area contributed by atoms with Crippen LogP contribution in [0.15, 0.2) is 18.5 Å². The predicted octanol–water partition coefficient (Wildman–Crippen LogP) is 2.19. The van der Waals surface area contributed by atoms with Gasteiger partial charge in [-0.3, -0.25) is 9.69 Å². The van der Waals surface area contributed by atoms with E-state index in [0.717, 1.165) is 24.6 Å². The summed E-state index contributed by atoms with van der Waals surface area (Å²) in [7, 11) is 1.95. The lowest BCUT2D eigenvalue weighted by Crippen LogP contribution is -2.41. The zero-order valence-electron chi connectivity index (χ0n) is 11.0. The molecule has 3 heteroatoms. The Labute approximate surface area is 103 Å². The maximum absolute atomic E-state index is 12.1. The highest BCUT2D eigenvalue weighted by molar-refractivity contribution is 5.97. The molecule has 2 rings (SSSR count). The van der Waals surface area contributed by atoms with Crippen LogP contribution in [0.2, 0.25) is 0 Å². The van der Waals surface area contributed by atoms with Crippen LogP contribution < -0.4 is 0 Å². The van der Waals surface area contributed by atoms with Crippen molar-refractivity contribution in [1.82, 2.24) is 9.47 Å². The molecule has 1 aromatic rings. The van der Waals surface area contributed by atoms with E-state index in [4.69, 9.17) is 0 Å². The Morgan fingerprint density at radius 2 is 2.18 bits per heavy atom. The first-order valence-electron chi connectivity index (χ1n) is 6.44. The van der Waals surface area contributed by atoms with Gasteiger partial charge in [-0.25, -0.2) is 0 Å². The summed E-state index contributed by atoms with van der Waals surface area (Å²) < 4.78 is 1.92. The van der Waals surface area contributed by atoms with E-state index in [1.54, 1.807) is 0 Å². The highest BCUT2D eigenvalue weighted by Crippen LogP contribution is 2.22. The molecule has 2 heterocycles. The molecule has 1 aromatic heterocycles. The number of piperidine rings is 1. The van der Waals surface area contributed by atoms with Crippen LogP contribution in [0, 0.1) is 11.8 Å². The molecule has 0 bridgehead atoms. The van der Waals surface area contributed by atoms with Crippen molar-refractivity contribution in [3.63, 3.8) is 0 Å². The minimum Gasteiger partial charge on any atom is -0.357 e. The van der Waals surface area contributed by atoms with Crippen LogP contribution in [-0.2, 0) is 7.05 Å². The highest BCUT2D eigenvalue weighted by Gasteiger charge is 2.24. The van der Waals surface area contributed by atoms with Crippen LogP contribution >= 0.6 is 0 Å². The molecule has 94 valence electrons. The van der Waals surface area contributed by atoms with Crippen LogP contribution in [0.3, 0.4) is 0 Å². The van der Waals surface area contributed by atoms with Crippen LogP contribution in [0.1, 0.15) is 30.6 Å². The second kappa shape index (κ2) is 5.05. The molecule has 1 aliphatic rings. The molecule has 1 saturated heterocycles. The van der Waals surface area contributed by atoms with Gasteiger partial charge in [0.05, 0.1) is 6.54 Å². The second-order valence-electron chi connectivity index (χ2n) is 5.47. The minimum atomic E-state index is 0.243. The summed E-state index contributed by atoms with van der Waals surface area (Å²) in [4.78, 5) is 14.4. The number of rotatable bonds is 3. The number of likely N-dealkylation sites (tertiary alicyclic amines) is 1. The fourth-order valence-electron chi connectivity index (χ4n) is 2.46. The summed E-state index contributed by atoms with van der Waals surface area (Å²) in [5, 5.41) is 0. The van der Waals surface area contributed by atoms with E-state index in [1.807, 2.05) is 30.1 Å². The van der Waals surface area contributed by atoms with Crippen LogP contribution in [-0.4, -0.2) is 34.9 Å². The van der Waals surface area contributed by atoms with Gasteiger partial charge in [-0.05, 0) is 30.9 Å². The topological polar surface area (TPSA) is 25.2 Å². The average Bonchev–Trinajstić information content (AvgIpc) is 2.70.